The summed E-state index contributed by atoms with van der Waals surface area (Å²) in [4.78, 5) is 28.3. The molecular weight excluding hydrogens is 347 g/mol. The molecule has 0 aliphatic carbocycles. The fourth-order valence-electron chi connectivity index (χ4n) is 2.05. The zero-order chi connectivity index (χ0) is 19.5. The minimum Gasteiger partial charge on any atom is -0.347 e. The summed E-state index contributed by atoms with van der Waals surface area (Å²) in [6.45, 7) is 5.46. The minimum absolute atomic E-state index is 0.117. The Balaban J connectivity index is 2.13. The second-order valence-electron chi connectivity index (χ2n) is 6.70. The predicted octanol–water partition coefficient (Wildman–Crippen LogP) is 3.88. The second-order valence-corrected chi connectivity index (χ2v) is 6.70. The Hall–Kier alpha value is -2.90. The van der Waals surface area contributed by atoms with E-state index in [1.807, 2.05) is 20.8 Å². The van der Waals surface area contributed by atoms with Crippen molar-refractivity contribution in [2.45, 2.75) is 32.5 Å². The third-order valence-electron chi connectivity index (χ3n) is 3.22. The first-order valence-corrected chi connectivity index (χ1v) is 7.72. The first-order valence-electron chi connectivity index (χ1n) is 7.72. The molecule has 1 aromatic carbocycles. The van der Waals surface area contributed by atoms with E-state index in [2.05, 4.69) is 15.6 Å². The average Bonchev–Trinajstić information content (AvgIpc) is 2.53. The number of rotatable bonds is 3. The van der Waals surface area contributed by atoms with Gasteiger partial charge in [0.05, 0.1) is 16.7 Å². The number of hydrogen-bond acceptors (Lipinski definition) is 3. The number of amides is 2. The number of halogens is 3. The normalized spacial score (nSPS) is 11.8. The largest absolute Gasteiger partial charge is 0.416 e. The van der Waals surface area contributed by atoms with Gasteiger partial charge in [0.25, 0.3) is 11.8 Å². The van der Waals surface area contributed by atoms with Gasteiger partial charge < -0.3 is 10.6 Å². The Morgan fingerprint density at radius 3 is 1.96 bits per heavy atom. The predicted molar refractivity (Wildman–Crippen MR) is 90.9 cm³/mol. The van der Waals surface area contributed by atoms with Crippen molar-refractivity contribution in [2.75, 3.05) is 5.32 Å². The number of nitrogens with zero attached hydrogens (tertiary/aromatic N) is 1. The highest BCUT2D eigenvalue weighted by atomic mass is 19.4. The van der Waals surface area contributed by atoms with Gasteiger partial charge in [0, 0.05) is 23.6 Å². The van der Waals surface area contributed by atoms with Crippen molar-refractivity contribution in [3.8, 4) is 0 Å². The summed E-state index contributed by atoms with van der Waals surface area (Å²) in [7, 11) is 0. The molecule has 2 N–H and O–H groups in total. The van der Waals surface area contributed by atoms with Gasteiger partial charge in [-0.15, -0.1) is 0 Å². The molecule has 8 heteroatoms. The monoisotopic (exact) mass is 365 g/mol. The van der Waals surface area contributed by atoms with Crippen molar-refractivity contribution in [1.29, 1.82) is 0 Å². The van der Waals surface area contributed by atoms with E-state index in [-0.39, 0.29) is 22.7 Å². The lowest BCUT2D eigenvalue weighted by Gasteiger charge is -2.20. The van der Waals surface area contributed by atoms with Crippen molar-refractivity contribution in [3.63, 3.8) is 0 Å². The Labute approximate surface area is 148 Å². The lowest BCUT2D eigenvalue weighted by Crippen LogP contribution is -2.40. The number of nitrogens with one attached hydrogen (secondary N) is 2. The van der Waals surface area contributed by atoms with Crippen LogP contribution in [0.3, 0.4) is 0 Å². The fraction of sp³-hybridized carbons (Fsp3) is 0.278. The third-order valence-corrected chi connectivity index (χ3v) is 3.22. The number of pyridine rings is 1. The molecule has 0 aliphatic heterocycles. The zero-order valence-corrected chi connectivity index (χ0v) is 14.4. The first kappa shape index (κ1) is 19.4. The van der Waals surface area contributed by atoms with E-state index >= 15 is 0 Å². The molecule has 138 valence electrons. The van der Waals surface area contributed by atoms with E-state index in [1.54, 1.807) is 0 Å². The van der Waals surface area contributed by atoms with E-state index < -0.39 is 23.2 Å². The number of alkyl halides is 3. The number of aromatic nitrogens is 1. The molecule has 1 aromatic heterocycles. The Bertz CT molecular complexity index is 810. The summed E-state index contributed by atoms with van der Waals surface area (Å²) in [5, 5.41) is 5.23. The maximum Gasteiger partial charge on any atom is 0.416 e. The van der Waals surface area contributed by atoms with Crippen LogP contribution < -0.4 is 10.6 Å². The molecule has 26 heavy (non-hydrogen) atoms. The lowest BCUT2D eigenvalue weighted by atomic mass is 10.1. The molecule has 2 aromatic rings. The molecule has 0 radical (unpaired) electrons. The molecule has 0 unspecified atom stereocenters. The molecule has 0 fully saturated rings. The maximum atomic E-state index is 12.6. The molecule has 0 saturated carbocycles. The van der Waals surface area contributed by atoms with Crippen LogP contribution in [0.25, 0.3) is 0 Å². The maximum absolute atomic E-state index is 12.6. The van der Waals surface area contributed by atoms with Gasteiger partial charge in [0.15, 0.2) is 0 Å². The van der Waals surface area contributed by atoms with Gasteiger partial charge in [-0.3, -0.25) is 14.6 Å². The van der Waals surface area contributed by atoms with E-state index in [0.717, 1.165) is 24.3 Å². The summed E-state index contributed by atoms with van der Waals surface area (Å²) < 4.78 is 37.7. The van der Waals surface area contributed by atoms with Crippen LogP contribution in [0.5, 0.6) is 0 Å². The van der Waals surface area contributed by atoms with Crippen molar-refractivity contribution in [2.24, 2.45) is 0 Å². The molecule has 2 amide bonds. The number of carbonyl (C=O) groups excluding carboxylic acids is 2. The Morgan fingerprint density at radius 1 is 0.923 bits per heavy atom. The minimum atomic E-state index is -4.44. The SMILES string of the molecule is CC(C)(C)NC(=O)c1cncc(C(=O)Nc2ccc(C(F)(F)F)cc2)c1. The zero-order valence-electron chi connectivity index (χ0n) is 14.4. The smallest absolute Gasteiger partial charge is 0.347 e. The second kappa shape index (κ2) is 7.15. The summed E-state index contributed by atoms with van der Waals surface area (Å²) in [5.74, 6) is -0.961. The summed E-state index contributed by atoms with van der Waals surface area (Å²) >= 11 is 0. The van der Waals surface area contributed by atoms with Crippen LogP contribution in [0.2, 0.25) is 0 Å². The van der Waals surface area contributed by atoms with Crippen LogP contribution in [-0.2, 0) is 6.18 Å². The van der Waals surface area contributed by atoms with Crippen LogP contribution in [0.4, 0.5) is 18.9 Å². The topological polar surface area (TPSA) is 71.1 Å². The highest BCUT2D eigenvalue weighted by molar-refractivity contribution is 6.05. The molecule has 0 aliphatic rings. The molecule has 0 atom stereocenters. The Kier molecular flexibility index (Phi) is 5.34. The van der Waals surface area contributed by atoms with Crippen LogP contribution in [0, 0.1) is 0 Å². The molecule has 2 rings (SSSR count). The third kappa shape index (κ3) is 5.30. The van der Waals surface area contributed by atoms with Crippen LogP contribution in [-0.4, -0.2) is 22.3 Å². The number of anilines is 1. The van der Waals surface area contributed by atoms with Gasteiger partial charge >= 0.3 is 6.18 Å². The first-order chi connectivity index (χ1) is 12.0. The summed E-state index contributed by atoms with van der Waals surface area (Å²) in [6, 6.07) is 5.43. The molecule has 0 spiro atoms. The van der Waals surface area contributed by atoms with E-state index in [9.17, 15) is 22.8 Å². The Morgan fingerprint density at radius 2 is 1.46 bits per heavy atom. The summed E-state index contributed by atoms with van der Waals surface area (Å²) in [6.07, 6.45) is -1.84. The van der Waals surface area contributed by atoms with E-state index in [1.165, 1.54) is 18.5 Å². The lowest BCUT2D eigenvalue weighted by molar-refractivity contribution is -0.137. The van der Waals surface area contributed by atoms with E-state index in [0.29, 0.717) is 0 Å². The van der Waals surface area contributed by atoms with Crippen molar-refractivity contribution in [3.05, 3.63) is 59.4 Å². The molecule has 0 saturated heterocycles. The number of carbonyl (C=O) groups is 2. The average molecular weight is 365 g/mol. The standard InChI is InChI=1S/C18H18F3N3O2/c1-17(2,3)24-16(26)12-8-11(9-22-10-12)15(25)23-14-6-4-13(5-7-14)18(19,20)21/h4-10H,1-3H3,(H,23,25)(H,24,26). The van der Waals surface area contributed by atoms with Gasteiger partial charge in [0.2, 0.25) is 0 Å². The van der Waals surface area contributed by atoms with Crippen molar-refractivity contribution in [1.82, 2.24) is 10.3 Å². The molecular formula is C18H18F3N3O2. The molecule has 5 nitrogen and oxygen atoms in total. The van der Waals surface area contributed by atoms with E-state index in [4.69, 9.17) is 0 Å². The van der Waals surface area contributed by atoms with Crippen molar-refractivity contribution < 1.29 is 22.8 Å². The van der Waals surface area contributed by atoms with Gasteiger partial charge in [-0.05, 0) is 51.1 Å². The number of benzene rings is 1. The van der Waals surface area contributed by atoms with Crippen LogP contribution >= 0.6 is 0 Å². The van der Waals surface area contributed by atoms with Crippen LogP contribution in [0.15, 0.2) is 42.7 Å². The highest BCUT2D eigenvalue weighted by Gasteiger charge is 2.30. The van der Waals surface area contributed by atoms with Crippen molar-refractivity contribution >= 4 is 17.5 Å². The fourth-order valence-corrected chi connectivity index (χ4v) is 2.05. The van der Waals surface area contributed by atoms with Crippen LogP contribution in [0.1, 0.15) is 47.1 Å². The van der Waals surface area contributed by atoms with Gasteiger partial charge in [0.1, 0.15) is 0 Å². The quantitative estimate of drug-likeness (QED) is 0.867. The van der Waals surface area contributed by atoms with Gasteiger partial charge in [-0.25, -0.2) is 0 Å². The molecule has 0 bridgehead atoms. The number of hydrogen-bond donors (Lipinski definition) is 2. The highest BCUT2D eigenvalue weighted by Crippen LogP contribution is 2.29. The summed E-state index contributed by atoms with van der Waals surface area (Å²) in [5.41, 5.74) is -0.729. The van der Waals surface area contributed by atoms with Gasteiger partial charge in [-0.1, -0.05) is 0 Å². The molecule has 1 heterocycles. The van der Waals surface area contributed by atoms with Gasteiger partial charge in [-0.2, -0.15) is 13.2 Å².